The smallest absolute Gasteiger partial charge is 0.141 e. The molecular formula is C11H15FN2. The second-order valence-electron chi connectivity index (χ2n) is 4.64. The Hall–Kier alpha value is -0.960. The second kappa shape index (κ2) is 3.31. The Bertz CT molecular complexity index is 336. The molecule has 0 radical (unpaired) electrons. The van der Waals surface area contributed by atoms with Crippen LogP contribution < -0.4 is 5.32 Å². The third kappa shape index (κ3) is 2.10. The van der Waals surface area contributed by atoms with Crippen LogP contribution in [0.4, 0.5) is 4.39 Å². The van der Waals surface area contributed by atoms with Crippen LogP contribution in [-0.2, 0) is 6.54 Å². The van der Waals surface area contributed by atoms with E-state index in [4.69, 9.17) is 0 Å². The van der Waals surface area contributed by atoms with Crippen molar-refractivity contribution in [2.75, 3.05) is 0 Å². The number of aromatic nitrogens is 1. The van der Waals surface area contributed by atoms with Crippen molar-refractivity contribution in [2.24, 2.45) is 5.41 Å². The van der Waals surface area contributed by atoms with E-state index < -0.39 is 0 Å². The fourth-order valence-electron chi connectivity index (χ4n) is 1.61. The Morgan fingerprint density at radius 3 is 2.86 bits per heavy atom. The van der Waals surface area contributed by atoms with E-state index in [0.29, 0.717) is 18.0 Å². The van der Waals surface area contributed by atoms with E-state index in [1.807, 2.05) is 0 Å². The van der Waals surface area contributed by atoms with E-state index in [9.17, 15) is 4.39 Å². The van der Waals surface area contributed by atoms with Gasteiger partial charge in [-0.3, -0.25) is 4.98 Å². The molecule has 0 saturated heterocycles. The van der Waals surface area contributed by atoms with Crippen molar-refractivity contribution in [3.8, 4) is 0 Å². The van der Waals surface area contributed by atoms with Crippen LogP contribution in [0.2, 0.25) is 0 Å². The third-order valence-corrected chi connectivity index (χ3v) is 2.83. The Kier molecular flexibility index (Phi) is 2.27. The predicted molar refractivity (Wildman–Crippen MR) is 53.2 cm³/mol. The van der Waals surface area contributed by atoms with Gasteiger partial charge in [-0.05, 0) is 23.5 Å². The monoisotopic (exact) mass is 194 g/mol. The van der Waals surface area contributed by atoms with Crippen LogP contribution in [-0.4, -0.2) is 11.0 Å². The largest absolute Gasteiger partial charge is 0.309 e. The van der Waals surface area contributed by atoms with Gasteiger partial charge in [0, 0.05) is 18.8 Å². The van der Waals surface area contributed by atoms with Gasteiger partial charge in [-0.2, -0.15) is 0 Å². The highest BCUT2D eigenvalue weighted by Gasteiger charge is 2.44. The lowest BCUT2D eigenvalue weighted by molar-refractivity contribution is 0.539. The van der Waals surface area contributed by atoms with E-state index in [0.717, 1.165) is 5.56 Å². The van der Waals surface area contributed by atoms with E-state index in [1.54, 1.807) is 6.20 Å². The first-order chi connectivity index (χ1) is 6.58. The van der Waals surface area contributed by atoms with Crippen LogP contribution in [0, 0.1) is 11.2 Å². The minimum Gasteiger partial charge on any atom is -0.309 e. The van der Waals surface area contributed by atoms with E-state index in [-0.39, 0.29) is 5.82 Å². The van der Waals surface area contributed by atoms with Gasteiger partial charge in [0.2, 0.25) is 0 Å². The maximum atomic E-state index is 12.8. The molecular weight excluding hydrogens is 179 g/mol. The predicted octanol–water partition coefficient (Wildman–Crippen LogP) is 2.11. The molecule has 1 unspecified atom stereocenters. The number of nitrogens with zero attached hydrogens (tertiary/aromatic N) is 1. The summed E-state index contributed by atoms with van der Waals surface area (Å²) < 4.78 is 12.8. The number of pyridine rings is 1. The van der Waals surface area contributed by atoms with Gasteiger partial charge >= 0.3 is 0 Å². The first kappa shape index (κ1) is 9.59. The van der Waals surface area contributed by atoms with Gasteiger partial charge in [0.15, 0.2) is 0 Å². The molecule has 2 rings (SSSR count). The maximum absolute atomic E-state index is 12.8. The molecule has 2 nitrogen and oxygen atoms in total. The molecule has 0 spiro atoms. The molecule has 1 heterocycles. The SMILES string of the molecule is CC1(C)CC1NCc1cncc(F)c1. The summed E-state index contributed by atoms with van der Waals surface area (Å²) in [5.41, 5.74) is 1.33. The van der Waals surface area contributed by atoms with Crippen LogP contribution in [0.5, 0.6) is 0 Å². The Morgan fingerprint density at radius 1 is 1.57 bits per heavy atom. The Morgan fingerprint density at radius 2 is 2.29 bits per heavy atom. The fourth-order valence-corrected chi connectivity index (χ4v) is 1.61. The molecule has 1 atom stereocenters. The molecule has 1 aliphatic carbocycles. The van der Waals surface area contributed by atoms with Crippen LogP contribution >= 0.6 is 0 Å². The molecule has 3 heteroatoms. The van der Waals surface area contributed by atoms with Gasteiger partial charge in [-0.15, -0.1) is 0 Å². The van der Waals surface area contributed by atoms with E-state index in [2.05, 4.69) is 24.1 Å². The lowest BCUT2D eigenvalue weighted by atomic mass is 10.2. The van der Waals surface area contributed by atoms with Gasteiger partial charge in [-0.25, -0.2) is 4.39 Å². The van der Waals surface area contributed by atoms with Crippen LogP contribution in [0.15, 0.2) is 18.5 Å². The summed E-state index contributed by atoms with van der Waals surface area (Å²) in [5, 5.41) is 3.38. The molecule has 0 bridgehead atoms. The van der Waals surface area contributed by atoms with Crippen molar-refractivity contribution in [3.05, 3.63) is 29.8 Å². The van der Waals surface area contributed by atoms with E-state index in [1.165, 1.54) is 18.7 Å². The highest BCUT2D eigenvalue weighted by atomic mass is 19.1. The normalized spacial score (nSPS) is 23.5. The molecule has 14 heavy (non-hydrogen) atoms. The van der Waals surface area contributed by atoms with Crippen molar-refractivity contribution in [1.82, 2.24) is 10.3 Å². The summed E-state index contributed by atoms with van der Waals surface area (Å²) >= 11 is 0. The zero-order valence-corrected chi connectivity index (χ0v) is 8.55. The molecule has 0 aromatic carbocycles. The number of nitrogens with one attached hydrogen (secondary N) is 1. The molecule has 76 valence electrons. The number of hydrogen-bond donors (Lipinski definition) is 1. The summed E-state index contributed by atoms with van der Waals surface area (Å²) in [7, 11) is 0. The zero-order chi connectivity index (χ0) is 10.2. The van der Waals surface area contributed by atoms with Crippen molar-refractivity contribution in [3.63, 3.8) is 0 Å². The van der Waals surface area contributed by atoms with Gasteiger partial charge in [0.05, 0.1) is 6.20 Å². The topological polar surface area (TPSA) is 24.9 Å². The lowest BCUT2D eigenvalue weighted by Crippen LogP contribution is -2.20. The first-order valence-electron chi connectivity index (χ1n) is 4.91. The van der Waals surface area contributed by atoms with Crippen molar-refractivity contribution >= 4 is 0 Å². The zero-order valence-electron chi connectivity index (χ0n) is 8.55. The van der Waals surface area contributed by atoms with Gasteiger partial charge < -0.3 is 5.32 Å². The summed E-state index contributed by atoms with van der Waals surface area (Å²) in [5.74, 6) is -0.264. The van der Waals surface area contributed by atoms with Gasteiger partial charge in [0.1, 0.15) is 5.82 Å². The molecule has 1 N–H and O–H groups in total. The average molecular weight is 194 g/mol. The van der Waals surface area contributed by atoms with Gasteiger partial charge in [-0.1, -0.05) is 13.8 Å². The minimum absolute atomic E-state index is 0.264. The molecule has 1 aromatic heterocycles. The minimum atomic E-state index is -0.264. The standard InChI is InChI=1S/C11H15FN2/c1-11(2)4-10(11)14-6-8-3-9(12)7-13-5-8/h3,5,7,10,14H,4,6H2,1-2H3. The van der Waals surface area contributed by atoms with E-state index >= 15 is 0 Å². The fraction of sp³-hybridized carbons (Fsp3) is 0.545. The van der Waals surface area contributed by atoms with Crippen LogP contribution in [0.25, 0.3) is 0 Å². The van der Waals surface area contributed by atoms with Crippen molar-refractivity contribution in [2.45, 2.75) is 32.9 Å². The molecule has 1 aliphatic rings. The van der Waals surface area contributed by atoms with Gasteiger partial charge in [0.25, 0.3) is 0 Å². The molecule has 0 aliphatic heterocycles. The summed E-state index contributed by atoms with van der Waals surface area (Å²) in [4.78, 5) is 3.80. The van der Waals surface area contributed by atoms with Crippen molar-refractivity contribution < 1.29 is 4.39 Å². The quantitative estimate of drug-likeness (QED) is 0.797. The molecule has 1 fully saturated rings. The Balaban J connectivity index is 1.87. The number of rotatable bonds is 3. The second-order valence-corrected chi connectivity index (χ2v) is 4.64. The summed E-state index contributed by atoms with van der Waals surface area (Å²) in [6, 6.07) is 2.10. The highest BCUT2D eigenvalue weighted by Crippen LogP contribution is 2.44. The first-order valence-corrected chi connectivity index (χ1v) is 4.91. The number of hydrogen-bond acceptors (Lipinski definition) is 2. The molecule has 1 saturated carbocycles. The van der Waals surface area contributed by atoms with Crippen molar-refractivity contribution in [1.29, 1.82) is 0 Å². The maximum Gasteiger partial charge on any atom is 0.141 e. The lowest BCUT2D eigenvalue weighted by Gasteiger charge is -2.06. The average Bonchev–Trinajstić information content (AvgIpc) is 2.71. The van der Waals surface area contributed by atoms with Crippen LogP contribution in [0.1, 0.15) is 25.8 Å². The van der Waals surface area contributed by atoms with Crippen LogP contribution in [0.3, 0.4) is 0 Å². The summed E-state index contributed by atoms with van der Waals surface area (Å²) in [6.07, 6.45) is 4.13. The highest BCUT2D eigenvalue weighted by molar-refractivity contribution is 5.11. The molecule has 1 aromatic rings. The summed E-state index contributed by atoms with van der Waals surface area (Å²) in [6.45, 7) is 5.17. The Labute approximate surface area is 83.6 Å². The third-order valence-electron chi connectivity index (χ3n) is 2.83. The number of halogens is 1. The molecule has 0 amide bonds.